The van der Waals surface area contributed by atoms with E-state index >= 15 is 0 Å². The van der Waals surface area contributed by atoms with Gasteiger partial charge in [-0.3, -0.25) is 9.59 Å². The molecule has 4 aromatic rings. The van der Waals surface area contributed by atoms with Crippen LogP contribution in [0.25, 0.3) is 22.2 Å². The molecule has 0 saturated carbocycles. The van der Waals surface area contributed by atoms with Crippen molar-refractivity contribution in [3.05, 3.63) is 77.9 Å². The van der Waals surface area contributed by atoms with Crippen LogP contribution in [0.1, 0.15) is 15.9 Å². The summed E-state index contributed by atoms with van der Waals surface area (Å²) in [4.78, 5) is 23.7. The number of hydrogen-bond acceptors (Lipinski definition) is 6. The zero-order valence-corrected chi connectivity index (χ0v) is 17.3. The van der Waals surface area contributed by atoms with Gasteiger partial charge in [-0.15, -0.1) is 0 Å². The van der Waals surface area contributed by atoms with Crippen LogP contribution in [0.2, 0.25) is 0 Å². The lowest BCUT2D eigenvalue weighted by molar-refractivity contribution is -0.119. The second kappa shape index (κ2) is 9.22. The van der Waals surface area contributed by atoms with Crippen LogP contribution in [0, 0.1) is 0 Å². The number of rotatable bonds is 8. The van der Waals surface area contributed by atoms with Crippen molar-refractivity contribution in [1.29, 1.82) is 0 Å². The summed E-state index contributed by atoms with van der Waals surface area (Å²) < 4.78 is 16.1. The van der Waals surface area contributed by atoms with Gasteiger partial charge in [-0.1, -0.05) is 41.6 Å². The molecule has 32 heavy (non-hydrogen) atoms. The topological polar surface area (TPSA) is 117 Å². The largest absolute Gasteiger partial charge is 0.493 e. The predicted octanol–water partition coefficient (Wildman–Crippen LogP) is 3.30. The van der Waals surface area contributed by atoms with E-state index in [1.165, 1.54) is 7.11 Å². The molecule has 0 unspecified atom stereocenters. The van der Waals surface area contributed by atoms with E-state index in [-0.39, 0.29) is 19.1 Å². The van der Waals surface area contributed by atoms with Crippen LogP contribution >= 0.6 is 0 Å². The average molecular weight is 431 g/mol. The summed E-state index contributed by atoms with van der Waals surface area (Å²) in [7, 11) is 1.49. The number of carbonyl (C=O) groups is 2. The Bertz CT molecular complexity index is 1270. The minimum atomic E-state index is -0.580. The molecule has 8 nitrogen and oxygen atoms in total. The summed E-state index contributed by atoms with van der Waals surface area (Å²) in [5, 5.41) is 7.74. The minimum Gasteiger partial charge on any atom is -0.493 e. The molecule has 0 aliphatic heterocycles. The third-order valence-electron chi connectivity index (χ3n) is 4.83. The summed E-state index contributed by atoms with van der Waals surface area (Å²) in [5.41, 5.74) is 7.97. The van der Waals surface area contributed by atoms with Gasteiger partial charge in [0, 0.05) is 17.7 Å². The number of methoxy groups -OCH3 is 1. The first-order chi connectivity index (χ1) is 15.5. The molecular formula is C24H21N3O5. The van der Waals surface area contributed by atoms with E-state index in [2.05, 4.69) is 10.5 Å². The normalized spacial score (nSPS) is 10.7. The molecule has 162 valence electrons. The number of nitrogens with one attached hydrogen (secondary N) is 1. The number of amides is 2. The summed E-state index contributed by atoms with van der Waals surface area (Å²) in [6, 6.07) is 20.0. The van der Waals surface area contributed by atoms with Crippen LogP contribution in [0.5, 0.6) is 11.5 Å². The highest BCUT2D eigenvalue weighted by Crippen LogP contribution is 2.30. The molecule has 2 amide bonds. The van der Waals surface area contributed by atoms with E-state index < -0.39 is 5.91 Å². The molecule has 3 aromatic carbocycles. The molecule has 1 heterocycles. The Hall–Kier alpha value is -4.33. The first-order valence-corrected chi connectivity index (χ1v) is 9.86. The molecule has 0 aliphatic rings. The fourth-order valence-electron chi connectivity index (χ4n) is 3.25. The van der Waals surface area contributed by atoms with E-state index in [1.54, 1.807) is 36.4 Å². The Morgan fingerprint density at radius 2 is 1.84 bits per heavy atom. The van der Waals surface area contributed by atoms with Crippen LogP contribution in [0.15, 0.2) is 71.3 Å². The molecule has 4 rings (SSSR count). The Morgan fingerprint density at radius 3 is 2.59 bits per heavy atom. The summed E-state index contributed by atoms with van der Waals surface area (Å²) in [6.45, 7) is 0.0290. The van der Waals surface area contributed by atoms with Gasteiger partial charge in [0.1, 0.15) is 5.52 Å². The smallest absolute Gasteiger partial charge is 0.255 e. The fourth-order valence-corrected chi connectivity index (χ4v) is 3.25. The first kappa shape index (κ1) is 20.9. The number of fused-ring (bicyclic) bond motifs is 1. The van der Waals surface area contributed by atoms with Gasteiger partial charge in [0.25, 0.3) is 11.8 Å². The van der Waals surface area contributed by atoms with Crippen molar-refractivity contribution in [3.8, 4) is 22.8 Å². The molecule has 0 bridgehead atoms. The van der Waals surface area contributed by atoms with Crippen LogP contribution < -0.4 is 20.5 Å². The third-order valence-corrected chi connectivity index (χ3v) is 4.83. The molecular weight excluding hydrogens is 410 g/mol. The highest BCUT2D eigenvalue weighted by molar-refractivity contribution is 6.00. The van der Waals surface area contributed by atoms with E-state index in [0.717, 1.165) is 16.5 Å². The molecule has 8 heteroatoms. The summed E-state index contributed by atoms with van der Waals surface area (Å²) in [5.74, 6) is 0.638. The van der Waals surface area contributed by atoms with E-state index in [0.29, 0.717) is 28.3 Å². The number of ether oxygens (including phenoxy) is 2. The van der Waals surface area contributed by atoms with Crippen LogP contribution in [-0.2, 0) is 11.3 Å². The second-order valence-electron chi connectivity index (χ2n) is 7.03. The highest BCUT2D eigenvalue weighted by Gasteiger charge is 2.14. The average Bonchev–Trinajstić information content (AvgIpc) is 3.25. The molecule has 0 radical (unpaired) electrons. The SMILES string of the molecule is COc1cc(CNC(=O)c2ccc3noc(-c4ccccc4)c3c2)ccc1OCC(N)=O. The van der Waals surface area contributed by atoms with Crippen LogP contribution in [0.4, 0.5) is 0 Å². The number of benzene rings is 3. The van der Waals surface area contributed by atoms with Crippen molar-refractivity contribution in [3.63, 3.8) is 0 Å². The Labute approximate surface area is 183 Å². The standard InChI is InChI=1S/C24H21N3O5/c1-30-21-11-15(7-10-20(21)31-14-22(25)28)13-26-24(29)17-8-9-19-18(12-17)23(32-27-19)16-5-3-2-4-6-16/h2-12H,13-14H2,1H3,(H2,25,28)(H,26,29). The van der Waals surface area contributed by atoms with Gasteiger partial charge in [-0.2, -0.15) is 0 Å². The van der Waals surface area contributed by atoms with Crippen LogP contribution in [0.3, 0.4) is 0 Å². The van der Waals surface area contributed by atoms with Gasteiger partial charge >= 0.3 is 0 Å². The maximum Gasteiger partial charge on any atom is 0.255 e. The first-order valence-electron chi connectivity index (χ1n) is 9.86. The van der Waals surface area contributed by atoms with Crippen LogP contribution in [-0.4, -0.2) is 30.7 Å². The van der Waals surface area contributed by atoms with Crippen molar-refractivity contribution < 1.29 is 23.6 Å². The van der Waals surface area contributed by atoms with E-state index in [9.17, 15) is 9.59 Å². The lowest BCUT2D eigenvalue weighted by Gasteiger charge is -2.12. The van der Waals surface area contributed by atoms with Gasteiger partial charge in [0.2, 0.25) is 0 Å². The maximum atomic E-state index is 12.8. The number of aromatic nitrogens is 1. The summed E-state index contributed by atoms with van der Waals surface area (Å²) >= 11 is 0. The maximum absolute atomic E-state index is 12.8. The Morgan fingerprint density at radius 1 is 1.03 bits per heavy atom. The molecule has 0 aliphatic carbocycles. The zero-order chi connectivity index (χ0) is 22.5. The minimum absolute atomic E-state index is 0.236. The molecule has 0 fully saturated rings. The van der Waals surface area contributed by atoms with E-state index in [1.807, 2.05) is 30.3 Å². The molecule has 0 spiro atoms. The molecule has 1 aromatic heterocycles. The molecule has 0 atom stereocenters. The lowest BCUT2D eigenvalue weighted by atomic mass is 10.1. The third kappa shape index (κ3) is 4.54. The van der Waals surface area contributed by atoms with Gasteiger partial charge < -0.3 is 25.0 Å². The summed E-state index contributed by atoms with van der Waals surface area (Å²) in [6.07, 6.45) is 0. The number of nitrogens with two attached hydrogens (primary N) is 1. The zero-order valence-electron chi connectivity index (χ0n) is 17.3. The quantitative estimate of drug-likeness (QED) is 0.442. The fraction of sp³-hybridized carbons (Fsp3) is 0.125. The number of primary amides is 1. The van der Waals surface area contributed by atoms with Gasteiger partial charge in [-0.05, 0) is 35.9 Å². The Kier molecular flexibility index (Phi) is 6.03. The van der Waals surface area contributed by atoms with Gasteiger partial charge in [0.05, 0.1) is 12.5 Å². The predicted molar refractivity (Wildman–Crippen MR) is 118 cm³/mol. The highest BCUT2D eigenvalue weighted by atomic mass is 16.5. The van der Waals surface area contributed by atoms with Crippen molar-refractivity contribution >= 4 is 22.7 Å². The molecule has 0 saturated heterocycles. The van der Waals surface area contributed by atoms with Crippen molar-refractivity contribution in [1.82, 2.24) is 10.5 Å². The van der Waals surface area contributed by atoms with Gasteiger partial charge in [-0.25, -0.2) is 0 Å². The number of nitrogens with zero attached hydrogens (tertiary/aromatic N) is 1. The Balaban J connectivity index is 1.49. The molecule has 3 N–H and O–H groups in total. The number of hydrogen-bond donors (Lipinski definition) is 2. The monoisotopic (exact) mass is 431 g/mol. The van der Waals surface area contributed by atoms with Crippen molar-refractivity contribution in [2.45, 2.75) is 6.54 Å². The second-order valence-corrected chi connectivity index (χ2v) is 7.03. The van der Waals surface area contributed by atoms with Crippen molar-refractivity contribution in [2.24, 2.45) is 5.73 Å². The lowest BCUT2D eigenvalue weighted by Crippen LogP contribution is -2.23. The van der Waals surface area contributed by atoms with Crippen molar-refractivity contribution in [2.75, 3.05) is 13.7 Å². The number of carbonyl (C=O) groups excluding carboxylic acids is 2. The van der Waals surface area contributed by atoms with Gasteiger partial charge in [0.15, 0.2) is 23.9 Å². The van der Waals surface area contributed by atoms with E-state index in [4.69, 9.17) is 19.7 Å².